The number of nitro benzene ring substituents is 1. The van der Waals surface area contributed by atoms with Gasteiger partial charge in [0.2, 0.25) is 0 Å². The fourth-order valence-electron chi connectivity index (χ4n) is 2.10. The second-order valence-electron chi connectivity index (χ2n) is 4.26. The maximum atomic E-state index is 10.7. The maximum absolute atomic E-state index is 10.7. The molecule has 6 nitrogen and oxygen atoms in total. The molecule has 3 rings (SSSR count). The van der Waals surface area contributed by atoms with Crippen LogP contribution in [0.4, 0.5) is 11.4 Å². The molecular weight excluding hydrogens is 280 g/mol. The predicted molar refractivity (Wildman–Crippen MR) is 77.6 cm³/mol. The number of non-ortho nitro benzene ring substituents is 1. The lowest BCUT2D eigenvalue weighted by Gasteiger charge is -2.03. The van der Waals surface area contributed by atoms with Gasteiger partial charge in [-0.1, -0.05) is 17.7 Å². The lowest BCUT2D eigenvalue weighted by atomic mass is 10.1. The van der Waals surface area contributed by atoms with Gasteiger partial charge in [0.25, 0.3) is 5.69 Å². The van der Waals surface area contributed by atoms with Crippen molar-refractivity contribution in [2.24, 2.45) is 0 Å². The molecule has 0 amide bonds. The van der Waals surface area contributed by atoms with Crippen LogP contribution in [-0.2, 0) is 0 Å². The Hall–Kier alpha value is -2.60. The third-order valence-electron chi connectivity index (χ3n) is 3.04. The Balaban J connectivity index is 2.24. The summed E-state index contributed by atoms with van der Waals surface area (Å²) in [6, 6.07) is 9.69. The van der Waals surface area contributed by atoms with Gasteiger partial charge in [-0.2, -0.15) is 5.10 Å². The lowest BCUT2D eigenvalue weighted by Crippen LogP contribution is -1.90. The first-order valence-corrected chi connectivity index (χ1v) is 6.12. The molecule has 0 saturated heterocycles. The van der Waals surface area contributed by atoms with E-state index >= 15 is 0 Å². The number of fused-ring (bicyclic) bond motifs is 1. The Kier molecular flexibility index (Phi) is 2.80. The molecule has 0 saturated carbocycles. The minimum Gasteiger partial charge on any atom is -0.398 e. The summed E-state index contributed by atoms with van der Waals surface area (Å²) in [5.74, 6) is 0. The van der Waals surface area contributed by atoms with Crippen molar-refractivity contribution < 1.29 is 4.92 Å². The molecule has 100 valence electrons. The van der Waals surface area contributed by atoms with E-state index in [-0.39, 0.29) is 10.7 Å². The number of anilines is 1. The minimum atomic E-state index is -0.493. The highest BCUT2D eigenvalue weighted by atomic mass is 35.5. The topological polar surface area (TPSA) is 97.8 Å². The van der Waals surface area contributed by atoms with Crippen molar-refractivity contribution in [2.75, 3.05) is 5.73 Å². The molecule has 1 heterocycles. The number of H-pyrrole nitrogens is 1. The molecule has 0 atom stereocenters. The zero-order chi connectivity index (χ0) is 14.3. The zero-order valence-corrected chi connectivity index (χ0v) is 10.9. The average Bonchev–Trinajstić information content (AvgIpc) is 2.83. The van der Waals surface area contributed by atoms with Crippen LogP contribution >= 0.6 is 11.6 Å². The third kappa shape index (κ3) is 1.86. The summed E-state index contributed by atoms with van der Waals surface area (Å²) < 4.78 is 0. The van der Waals surface area contributed by atoms with Gasteiger partial charge in [0.1, 0.15) is 5.69 Å². The van der Waals surface area contributed by atoms with Gasteiger partial charge >= 0.3 is 0 Å². The van der Waals surface area contributed by atoms with Crippen molar-refractivity contribution in [3.05, 3.63) is 51.5 Å². The van der Waals surface area contributed by atoms with Crippen molar-refractivity contribution >= 4 is 33.9 Å². The highest BCUT2D eigenvalue weighted by molar-refractivity contribution is 6.34. The molecule has 0 aliphatic heterocycles. The first-order valence-electron chi connectivity index (χ1n) is 5.75. The van der Waals surface area contributed by atoms with E-state index in [9.17, 15) is 10.1 Å². The highest BCUT2D eigenvalue weighted by Crippen LogP contribution is 2.36. The van der Waals surface area contributed by atoms with Crippen molar-refractivity contribution in [2.45, 2.75) is 0 Å². The summed E-state index contributed by atoms with van der Waals surface area (Å²) in [6.07, 6.45) is 0. The molecule has 0 radical (unpaired) electrons. The van der Waals surface area contributed by atoms with Crippen LogP contribution in [0.15, 0.2) is 36.4 Å². The molecule has 0 fully saturated rings. The molecule has 0 aliphatic rings. The Morgan fingerprint density at radius 1 is 1.30 bits per heavy atom. The molecule has 7 heteroatoms. The lowest BCUT2D eigenvalue weighted by molar-refractivity contribution is -0.384. The van der Waals surface area contributed by atoms with Gasteiger partial charge in [0.15, 0.2) is 0 Å². The van der Waals surface area contributed by atoms with E-state index in [1.165, 1.54) is 12.1 Å². The molecule has 1 aromatic heterocycles. The summed E-state index contributed by atoms with van der Waals surface area (Å²) in [5.41, 5.74) is 8.43. The second kappa shape index (κ2) is 4.50. The number of hydrogen-bond donors (Lipinski definition) is 2. The van der Waals surface area contributed by atoms with Gasteiger partial charge in [0.05, 0.1) is 20.8 Å². The summed E-state index contributed by atoms with van der Waals surface area (Å²) >= 11 is 6.12. The van der Waals surface area contributed by atoms with Gasteiger partial charge < -0.3 is 5.73 Å². The molecule has 2 aromatic carbocycles. The Bertz CT molecular complexity index is 828. The van der Waals surface area contributed by atoms with Crippen molar-refractivity contribution in [1.82, 2.24) is 10.2 Å². The van der Waals surface area contributed by atoms with Gasteiger partial charge in [0, 0.05) is 23.4 Å². The fraction of sp³-hybridized carbons (Fsp3) is 0. The number of nitrogen functional groups attached to an aromatic ring is 1. The number of nitro groups is 1. The Labute approximate surface area is 118 Å². The summed E-state index contributed by atoms with van der Waals surface area (Å²) in [4.78, 5) is 10.2. The zero-order valence-electron chi connectivity index (χ0n) is 10.1. The minimum absolute atomic E-state index is 0.0634. The van der Waals surface area contributed by atoms with Crippen LogP contribution in [0, 0.1) is 10.1 Å². The third-order valence-corrected chi connectivity index (χ3v) is 3.35. The number of halogens is 1. The number of hydrogen-bond acceptors (Lipinski definition) is 4. The van der Waals surface area contributed by atoms with E-state index in [0.717, 1.165) is 10.9 Å². The van der Waals surface area contributed by atoms with Crippen LogP contribution in [-0.4, -0.2) is 15.1 Å². The molecule has 20 heavy (non-hydrogen) atoms. The van der Waals surface area contributed by atoms with E-state index in [0.29, 0.717) is 16.9 Å². The summed E-state index contributed by atoms with van der Waals surface area (Å²) in [7, 11) is 0. The molecule has 0 spiro atoms. The predicted octanol–water partition coefficient (Wildman–Crippen LogP) is 3.37. The van der Waals surface area contributed by atoms with Crippen LogP contribution in [0.3, 0.4) is 0 Å². The van der Waals surface area contributed by atoms with Crippen LogP contribution in [0.5, 0.6) is 0 Å². The van der Waals surface area contributed by atoms with Gasteiger partial charge in [-0.05, 0) is 18.2 Å². The molecular formula is C13H9ClN4O2. The average molecular weight is 289 g/mol. The molecule has 3 N–H and O–H groups in total. The molecule has 0 aliphatic carbocycles. The number of benzene rings is 2. The Morgan fingerprint density at radius 3 is 2.80 bits per heavy atom. The number of nitrogens with two attached hydrogens (primary N) is 1. The number of nitrogens with one attached hydrogen (secondary N) is 1. The van der Waals surface area contributed by atoms with Crippen molar-refractivity contribution in [3.8, 4) is 11.3 Å². The van der Waals surface area contributed by atoms with E-state index < -0.39 is 4.92 Å². The van der Waals surface area contributed by atoms with Gasteiger partial charge in [-0.15, -0.1) is 0 Å². The maximum Gasteiger partial charge on any atom is 0.270 e. The smallest absolute Gasteiger partial charge is 0.270 e. The van der Waals surface area contributed by atoms with Gasteiger partial charge in [-0.25, -0.2) is 0 Å². The normalized spacial score (nSPS) is 10.8. The van der Waals surface area contributed by atoms with E-state index in [4.69, 9.17) is 17.3 Å². The first-order chi connectivity index (χ1) is 9.58. The van der Waals surface area contributed by atoms with E-state index in [1.54, 1.807) is 12.1 Å². The fourth-order valence-corrected chi connectivity index (χ4v) is 2.37. The molecule has 0 bridgehead atoms. The molecule has 3 aromatic rings. The standard InChI is InChI=1S/C13H9ClN4O2/c14-9-6-7(18(19)20)4-5-8(9)13-12-10(15)2-1-3-11(12)16-17-13/h1-6H,15H2,(H,16,17). The quantitative estimate of drug-likeness (QED) is 0.429. The first kappa shape index (κ1) is 12.4. The van der Waals surface area contributed by atoms with Crippen LogP contribution in [0.1, 0.15) is 0 Å². The molecule has 0 unspecified atom stereocenters. The SMILES string of the molecule is Nc1cccc2[nH]nc(-c3ccc([N+](=O)[O-])cc3Cl)c12. The number of nitrogens with zero attached hydrogens (tertiary/aromatic N) is 2. The van der Waals surface area contributed by atoms with Gasteiger partial charge in [-0.3, -0.25) is 15.2 Å². The number of aromatic amines is 1. The van der Waals surface area contributed by atoms with E-state index in [2.05, 4.69) is 10.2 Å². The number of rotatable bonds is 2. The second-order valence-corrected chi connectivity index (χ2v) is 4.67. The monoisotopic (exact) mass is 288 g/mol. The van der Waals surface area contributed by atoms with Crippen LogP contribution < -0.4 is 5.73 Å². The van der Waals surface area contributed by atoms with Crippen LogP contribution in [0.2, 0.25) is 5.02 Å². The summed E-state index contributed by atoms with van der Waals surface area (Å²) in [5, 5.41) is 18.8. The van der Waals surface area contributed by atoms with Crippen molar-refractivity contribution in [1.29, 1.82) is 0 Å². The van der Waals surface area contributed by atoms with Crippen LogP contribution in [0.25, 0.3) is 22.2 Å². The highest BCUT2D eigenvalue weighted by Gasteiger charge is 2.16. The summed E-state index contributed by atoms with van der Waals surface area (Å²) in [6.45, 7) is 0. The van der Waals surface area contributed by atoms with E-state index in [1.807, 2.05) is 12.1 Å². The largest absolute Gasteiger partial charge is 0.398 e. The number of aromatic nitrogens is 2. The Morgan fingerprint density at radius 2 is 2.10 bits per heavy atom. The van der Waals surface area contributed by atoms with Crippen molar-refractivity contribution in [3.63, 3.8) is 0 Å².